The van der Waals surface area contributed by atoms with Gasteiger partial charge in [-0.05, 0) is 42.9 Å². The fraction of sp³-hybridized carbons (Fsp3) is 0.438. The van der Waals surface area contributed by atoms with E-state index >= 15 is 0 Å². The number of hydrogen-bond acceptors (Lipinski definition) is 4. The van der Waals surface area contributed by atoms with Crippen LogP contribution in [0.15, 0.2) is 24.4 Å². The Kier molecular flexibility index (Phi) is 3.94. The molecule has 0 saturated heterocycles. The molecule has 0 bridgehead atoms. The van der Waals surface area contributed by atoms with Gasteiger partial charge in [0.2, 0.25) is 0 Å². The van der Waals surface area contributed by atoms with Gasteiger partial charge >= 0.3 is 0 Å². The Balaban J connectivity index is 2.04. The second kappa shape index (κ2) is 5.87. The molecule has 3 N–H and O–H groups in total. The number of rotatable bonds is 5. The highest BCUT2D eigenvalue weighted by molar-refractivity contribution is 5.41. The first kappa shape index (κ1) is 14.1. The van der Waals surface area contributed by atoms with Crippen LogP contribution in [0.5, 0.6) is 5.75 Å². The van der Waals surface area contributed by atoms with Gasteiger partial charge in [0.25, 0.3) is 0 Å². The van der Waals surface area contributed by atoms with Crippen LogP contribution in [0.2, 0.25) is 0 Å². The van der Waals surface area contributed by atoms with Crippen molar-refractivity contribution < 1.29 is 4.74 Å². The largest absolute Gasteiger partial charge is 0.493 e. The van der Waals surface area contributed by atoms with Crippen molar-refractivity contribution in [2.75, 3.05) is 7.11 Å². The molecule has 1 heterocycles. The first-order valence-electron chi connectivity index (χ1n) is 7.46. The smallest absolute Gasteiger partial charge is 0.161 e. The van der Waals surface area contributed by atoms with Crippen LogP contribution in [0, 0.1) is 0 Å². The van der Waals surface area contributed by atoms with Crippen LogP contribution in [0.1, 0.15) is 41.8 Å². The van der Waals surface area contributed by atoms with Gasteiger partial charge in [0, 0.05) is 6.54 Å². The van der Waals surface area contributed by atoms with Crippen LogP contribution < -0.4 is 16.0 Å². The lowest BCUT2D eigenvalue weighted by molar-refractivity contribution is 0.399. The number of fused-ring (bicyclic) bond motifs is 1. The Morgan fingerprint density at radius 2 is 2.19 bits per heavy atom. The summed E-state index contributed by atoms with van der Waals surface area (Å²) in [5, 5.41) is 4.37. The van der Waals surface area contributed by atoms with Crippen molar-refractivity contribution in [3.8, 4) is 5.75 Å². The summed E-state index contributed by atoms with van der Waals surface area (Å²) < 4.78 is 7.37. The molecule has 21 heavy (non-hydrogen) atoms. The summed E-state index contributed by atoms with van der Waals surface area (Å²) in [5.41, 5.74) is 7.95. The van der Waals surface area contributed by atoms with Crippen molar-refractivity contribution in [1.29, 1.82) is 0 Å². The molecule has 3 rings (SSSR count). The number of aryl methyl sites for hydroxylation is 3. The molecule has 0 amide bonds. The molecular weight excluding hydrogens is 264 g/mol. The van der Waals surface area contributed by atoms with Crippen molar-refractivity contribution in [2.24, 2.45) is 5.84 Å². The third-order valence-corrected chi connectivity index (χ3v) is 4.26. The standard InChI is InChI=1S/C16H22N4O/c1-3-20-16(14(21-2)10-18-20)15(19-17)13-8-7-11-5-4-6-12(11)9-13/h7-10,15,19H,3-6,17H2,1-2H3. The van der Waals surface area contributed by atoms with Gasteiger partial charge in [0.15, 0.2) is 5.75 Å². The lowest BCUT2D eigenvalue weighted by atomic mass is 9.99. The summed E-state index contributed by atoms with van der Waals surface area (Å²) in [6, 6.07) is 6.52. The van der Waals surface area contributed by atoms with Crippen LogP contribution in [-0.2, 0) is 19.4 Å². The predicted molar refractivity (Wildman–Crippen MR) is 82.1 cm³/mol. The molecule has 5 heteroatoms. The third kappa shape index (κ3) is 2.43. The number of benzene rings is 1. The number of hydrazine groups is 1. The summed E-state index contributed by atoms with van der Waals surface area (Å²) in [4.78, 5) is 0. The summed E-state index contributed by atoms with van der Waals surface area (Å²) in [6.07, 6.45) is 5.34. The second-order valence-electron chi connectivity index (χ2n) is 5.40. The monoisotopic (exact) mass is 286 g/mol. The van der Waals surface area contributed by atoms with Gasteiger partial charge in [-0.15, -0.1) is 0 Å². The van der Waals surface area contributed by atoms with Gasteiger partial charge in [0.1, 0.15) is 5.69 Å². The van der Waals surface area contributed by atoms with E-state index in [0.29, 0.717) is 0 Å². The number of nitrogens with two attached hydrogens (primary N) is 1. The van der Waals surface area contributed by atoms with Gasteiger partial charge in [-0.1, -0.05) is 18.2 Å². The van der Waals surface area contributed by atoms with E-state index in [2.05, 4.69) is 35.6 Å². The summed E-state index contributed by atoms with van der Waals surface area (Å²) in [7, 11) is 1.66. The number of ether oxygens (including phenoxy) is 1. The Labute approximate surface area is 125 Å². The number of nitrogens with zero attached hydrogens (tertiary/aromatic N) is 2. The maximum atomic E-state index is 5.84. The molecule has 1 aliphatic rings. The Morgan fingerprint density at radius 1 is 1.38 bits per heavy atom. The predicted octanol–water partition coefficient (Wildman–Crippen LogP) is 1.95. The molecule has 0 radical (unpaired) electrons. The molecule has 1 aromatic heterocycles. The van der Waals surface area contributed by atoms with Gasteiger partial charge in [-0.3, -0.25) is 10.5 Å². The van der Waals surface area contributed by atoms with Gasteiger partial charge in [-0.2, -0.15) is 5.10 Å². The minimum atomic E-state index is -0.117. The molecule has 1 aromatic carbocycles. The SMILES string of the molecule is CCn1ncc(OC)c1C(NN)c1ccc2c(c1)CCC2. The van der Waals surface area contributed by atoms with Gasteiger partial charge < -0.3 is 4.74 Å². The van der Waals surface area contributed by atoms with E-state index in [1.807, 2.05) is 4.68 Å². The molecule has 1 aliphatic carbocycles. The van der Waals surface area contributed by atoms with Crippen LogP contribution in [0.4, 0.5) is 0 Å². The van der Waals surface area contributed by atoms with E-state index < -0.39 is 0 Å². The zero-order chi connectivity index (χ0) is 14.8. The van der Waals surface area contributed by atoms with Crippen LogP contribution >= 0.6 is 0 Å². The average Bonchev–Trinajstić information content (AvgIpc) is 3.13. The highest BCUT2D eigenvalue weighted by atomic mass is 16.5. The number of nitrogens with one attached hydrogen (secondary N) is 1. The topological polar surface area (TPSA) is 65.1 Å². The number of hydrogen-bond donors (Lipinski definition) is 2. The minimum Gasteiger partial charge on any atom is -0.493 e. The van der Waals surface area contributed by atoms with Crippen LogP contribution in [0.25, 0.3) is 0 Å². The fourth-order valence-corrected chi connectivity index (χ4v) is 3.18. The highest BCUT2D eigenvalue weighted by Gasteiger charge is 2.23. The van der Waals surface area contributed by atoms with Gasteiger partial charge in [0.05, 0.1) is 19.3 Å². The van der Waals surface area contributed by atoms with Crippen LogP contribution in [-0.4, -0.2) is 16.9 Å². The normalized spacial score (nSPS) is 15.0. The fourth-order valence-electron chi connectivity index (χ4n) is 3.18. The maximum Gasteiger partial charge on any atom is 0.161 e. The van der Waals surface area contributed by atoms with Crippen molar-refractivity contribution in [2.45, 2.75) is 38.8 Å². The minimum absolute atomic E-state index is 0.117. The lowest BCUT2D eigenvalue weighted by Crippen LogP contribution is -2.31. The molecule has 0 fully saturated rings. The first-order valence-corrected chi connectivity index (χ1v) is 7.46. The Bertz CT molecular complexity index is 614. The molecule has 1 unspecified atom stereocenters. The van der Waals surface area contributed by atoms with E-state index in [4.69, 9.17) is 10.6 Å². The van der Waals surface area contributed by atoms with Crippen molar-refractivity contribution in [1.82, 2.24) is 15.2 Å². The molecule has 5 nitrogen and oxygen atoms in total. The second-order valence-corrected chi connectivity index (χ2v) is 5.40. The quantitative estimate of drug-likeness (QED) is 0.651. The molecule has 2 aromatic rings. The molecule has 112 valence electrons. The molecule has 0 aliphatic heterocycles. The summed E-state index contributed by atoms with van der Waals surface area (Å²) in [5.74, 6) is 6.61. The highest BCUT2D eigenvalue weighted by Crippen LogP contribution is 2.32. The molecular formula is C16H22N4O. The zero-order valence-corrected chi connectivity index (χ0v) is 12.6. The molecule has 0 spiro atoms. The summed E-state index contributed by atoms with van der Waals surface area (Å²) >= 11 is 0. The van der Waals surface area contributed by atoms with Crippen molar-refractivity contribution in [3.63, 3.8) is 0 Å². The van der Waals surface area contributed by atoms with Crippen molar-refractivity contribution in [3.05, 3.63) is 46.8 Å². The van der Waals surface area contributed by atoms with E-state index in [0.717, 1.165) is 30.0 Å². The van der Waals surface area contributed by atoms with E-state index in [-0.39, 0.29) is 6.04 Å². The molecule has 0 saturated carbocycles. The van der Waals surface area contributed by atoms with Crippen molar-refractivity contribution >= 4 is 0 Å². The zero-order valence-electron chi connectivity index (χ0n) is 12.6. The van der Waals surface area contributed by atoms with E-state index in [1.165, 1.54) is 24.0 Å². The van der Waals surface area contributed by atoms with Gasteiger partial charge in [-0.25, -0.2) is 5.43 Å². The average molecular weight is 286 g/mol. The van der Waals surface area contributed by atoms with Crippen LogP contribution in [0.3, 0.4) is 0 Å². The lowest BCUT2D eigenvalue weighted by Gasteiger charge is -2.20. The first-order chi connectivity index (χ1) is 10.3. The Morgan fingerprint density at radius 3 is 2.90 bits per heavy atom. The Hall–Kier alpha value is -1.85. The third-order valence-electron chi connectivity index (χ3n) is 4.26. The number of methoxy groups -OCH3 is 1. The van der Waals surface area contributed by atoms with E-state index in [1.54, 1.807) is 13.3 Å². The van der Waals surface area contributed by atoms with E-state index in [9.17, 15) is 0 Å². The maximum absolute atomic E-state index is 5.84. The molecule has 1 atom stereocenters. The summed E-state index contributed by atoms with van der Waals surface area (Å²) in [6.45, 7) is 2.84. The number of aromatic nitrogens is 2.